The van der Waals surface area contributed by atoms with Gasteiger partial charge in [-0.15, -0.1) is 12.4 Å². The van der Waals surface area contributed by atoms with Crippen LogP contribution in [0.3, 0.4) is 0 Å². The minimum Gasteiger partial charge on any atom is -0.309 e. The highest BCUT2D eigenvalue weighted by Gasteiger charge is 2.27. The van der Waals surface area contributed by atoms with E-state index in [1.165, 1.54) is 6.07 Å². The van der Waals surface area contributed by atoms with Crippen LogP contribution in [0.15, 0.2) is 24.3 Å². The Morgan fingerprint density at radius 1 is 1.35 bits per heavy atom. The van der Waals surface area contributed by atoms with E-state index in [0.717, 1.165) is 0 Å². The van der Waals surface area contributed by atoms with Crippen molar-refractivity contribution in [1.29, 1.82) is 0 Å². The second kappa shape index (κ2) is 5.80. The molecule has 0 amide bonds. The molecule has 3 nitrogen and oxygen atoms in total. The molecule has 1 aromatic carbocycles. The molecule has 0 radical (unpaired) electrons. The first-order valence-electron chi connectivity index (χ1n) is 5.24. The number of nitrogens with one attached hydrogen (secondary N) is 1. The fourth-order valence-corrected chi connectivity index (χ4v) is 3.56. The van der Waals surface area contributed by atoms with Gasteiger partial charge < -0.3 is 5.32 Å². The van der Waals surface area contributed by atoms with E-state index in [1.54, 1.807) is 18.2 Å². The summed E-state index contributed by atoms with van der Waals surface area (Å²) in [5, 5.41) is 3.08. The highest BCUT2D eigenvalue weighted by molar-refractivity contribution is 7.91. The van der Waals surface area contributed by atoms with Crippen LogP contribution in [0, 0.1) is 5.82 Å². The van der Waals surface area contributed by atoms with Crippen molar-refractivity contribution >= 4 is 22.2 Å². The lowest BCUT2D eigenvalue weighted by molar-refractivity contribution is 0.532. The molecule has 1 aliphatic heterocycles. The molecule has 0 saturated carbocycles. The largest absolute Gasteiger partial charge is 0.309 e. The van der Waals surface area contributed by atoms with Crippen LogP contribution in [-0.4, -0.2) is 26.0 Å². The topological polar surface area (TPSA) is 46.2 Å². The molecule has 1 heterocycles. The first-order valence-corrected chi connectivity index (χ1v) is 7.06. The van der Waals surface area contributed by atoms with Crippen molar-refractivity contribution < 1.29 is 12.8 Å². The zero-order chi connectivity index (χ0) is 11.6. The number of sulfone groups is 1. The third-order valence-electron chi connectivity index (χ3n) is 2.77. The van der Waals surface area contributed by atoms with Crippen molar-refractivity contribution in [2.75, 3.05) is 11.5 Å². The van der Waals surface area contributed by atoms with Crippen molar-refractivity contribution in [2.24, 2.45) is 0 Å². The lowest BCUT2D eigenvalue weighted by Gasteiger charge is -2.10. The Morgan fingerprint density at radius 2 is 2.06 bits per heavy atom. The zero-order valence-electron chi connectivity index (χ0n) is 9.23. The van der Waals surface area contributed by atoms with Crippen molar-refractivity contribution in [1.82, 2.24) is 5.32 Å². The molecule has 1 fully saturated rings. The van der Waals surface area contributed by atoms with Crippen LogP contribution in [0.1, 0.15) is 12.0 Å². The van der Waals surface area contributed by atoms with Gasteiger partial charge in [-0.25, -0.2) is 12.8 Å². The second-order valence-electron chi connectivity index (χ2n) is 4.07. The highest BCUT2D eigenvalue weighted by Crippen LogP contribution is 2.13. The van der Waals surface area contributed by atoms with E-state index >= 15 is 0 Å². The van der Waals surface area contributed by atoms with E-state index in [9.17, 15) is 12.8 Å². The predicted molar refractivity (Wildman–Crippen MR) is 67.5 cm³/mol. The first kappa shape index (κ1) is 14.4. The number of hydrogen-bond acceptors (Lipinski definition) is 3. The van der Waals surface area contributed by atoms with Gasteiger partial charge in [0.1, 0.15) is 5.82 Å². The third kappa shape index (κ3) is 3.94. The molecule has 0 aromatic heterocycles. The summed E-state index contributed by atoms with van der Waals surface area (Å²) < 4.78 is 35.7. The number of hydrogen-bond donors (Lipinski definition) is 1. The van der Waals surface area contributed by atoms with E-state index in [4.69, 9.17) is 0 Å². The van der Waals surface area contributed by atoms with Crippen LogP contribution in [-0.2, 0) is 16.4 Å². The molecule has 0 spiro atoms. The van der Waals surface area contributed by atoms with Crippen LogP contribution >= 0.6 is 12.4 Å². The van der Waals surface area contributed by atoms with E-state index in [1.807, 2.05) is 0 Å². The van der Waals surface area contributed by atoms with Crippen molar-refractivity contribution in [3.63, 3.8) is 0 Å². The Labute approximate surface area is 107 Å². The summed E-state index contributed by atoms with van der Waals surface area (Å²) in [6.07, 6.45) is 0.622. The van der Waals surface area contributed by atoms with E-state index in [-0.39, 0.29) is 35.8 Å². The highest BCUT2D eigenvalue weighted by atomic mass is 35.5. The van der Waals surface area contributed by atoms with Gasteiger partial charge in [0, 0.05) is 18.2 Å². The standard InChI is InChI=1S/C11H14FNO2S.ClH/c12-11-4-2-1-3-9(11)7-13-10-5-6-16(14,15)8-10;/h1-4,10,13H,5-8H2;1H. The maximum atomic E-state index is 13.3. The summed E-state index contributed by atoms with van der Waals surface area (Å²) in [7, 11) is -2.87. The van der Waals surface area contributed by atoms with E-state index in [2.05, 4.69) is 5.32 Å². The normalized spacial score (nSPS) is 22.1. The third-order valence-corrected chi connectivity index (χ3v) is 4.54. The molecule has 1 N–H and O–H groups in total. The Bertz CT molecular complexity index is 478. The molecule has 1 aliphatic rings. The van der Waals surface area contributed by atoms with Crippen molar-refractivity contribution in [2.45, 2.75) is 19.0 Å². The second-order valence-corrected chi connectivity index (χ2v) is 6.30. The average molecular weight is 280 g/mol. The Kier molecular flexibility index (Phi) is 4.91. The van der Waals surface area contributed by atoms with Gasteiger partial charge in [-0.2, -0.15) is 0 Å². The minimum atomic E-state index is -2.87. The Balaban J connectivity index is 0.00000144. The maximum Gasteiger partial charge on any atom is 0.151 e. The summed E-state index contributed by atoms with van der Waals surface area (Å²) in [4.78, 5) is 0. The first-order chi connectivity index (χ1) is 7.57. The molecule has 1 aromatic rings. The molecule has 0 aliphatic carbocycles. The number of benzene rings is 1. The number of halogens is 2. The van der Waals surface area contributed by atoms with E-state index in [0.29, 0.717) is 18.5 Å². The lowest BCUT2D eigenvalue weighted by atomic mass is 10.2. The van der Waals surface area contributed by atoms with E-state index < -0.39 is 9.84 Å². The fourth-order valence-electron chi connectivity index (χ4n) is 1.85. The average Bonchev–Trinajstić information content (AvgIpc) is 2.57. The molecule has 1 saturated heterocycles. The molecule has 1 unspecified atom stereocenters. The summed E-state index contributed by atoms with van der Waals surface area (Å²) in [6, 6.07) is 6.48. The van der Waals surface area contributed by atoms with Gasteiger partial charge in [-0.3, -0.25) is 0 Å². The SMILES string of the molecule is Cl.O=S1(=O)CCC(NCc2ccccc2F)C1. The van der Waals surface area contributed by atoms with Crippen LogP contribution in [0.5, 0.6) is 0 Å². The van der Waals surface area contributed by atoms with Gasteiger partial charge in [0.15, 0.2) is 9.84 Å². The molecule has 17 heavy (non-hydrogen) atoms. The predicted octanol–water partition coefficient (Wildman–Crippen LogP) is 1.52. The van der Waals surface area contributed by atoms with Gasteiger partial charge in [0.05, 0.1) is 11.5 Å². The van der Waals surface area contributed by atoms with Gasteiger partial charge in [-0.05, 0) is 12.5 Å². The maximum absolute atomic E-state index is 13.3. The molecule has 0 bridgehead atoms. The summed E-state index contributed by atoms with van der Waals surface area (Å²) >= 11 is 0. The molecule has 96 valence electrons. The fraction of sp³-hybridized carbons (Fsp3) is 0.455. The van der Waals surface area contributed by atoms with Crippen molar-refractivity contribution in [3.05, 3.63) is 35.6 Å². The molecular formula is C11H15ClFNO2S. The molecule has 1 atom stereocenters. The van der Waals surface area contributed by atoms with Gasteiger partial charge in [-0.1, -0.05) is 18.2 Å². The molecule has 2 rings (SSSR count). The Morgan fingerprint density at radius 3 is 2.65 bits per heavy atom. The zero-order valence-corrected chi connectivity index (χ0v) is 10.9. The summed E-state index contributed by atoms with van der Waals surface area (Å²) in [6.45, 7) is 0.382. The van der Waals surface area contributed by atoms with Gasteiger partial charge in [0.25, 0.3) is 0 Å². The monoisotopic (exact) mass is 279 g/mol. The Hall–Kier alpha value is -0.650. The summed E-state index contributed by atoms with van der Waals surface area (Å²) in [5.74, 6) is 0.152. The quantitative estimate of drug-likeness (QED) is 0.913. The van der Waals surface area contributed by atoms with Gasteiger partial charge in [0.2, 0.25) is 0 Å². The van der Waals surface area contributed by atoms with Crippen LogP contribution in [0.4, 0.5) is 4.39 Å². The number of rotatable bonds is 3. The van der Waals surface area contributed by atoms with Crippen LogP contribution in [0.25, 0.3) is 0 Å². The molecular weight excluding hydrogens is 265 g/mol. The van der Waals surface area contributed by atoms with Crippen LogP contribution < -0.4 is 5.32 Å². The lowest BCUT2D eigenvalue weighted by Crippen LogP contribution is -2.29. The van der Waals surface area contributed by atoms with Crippen molar-refractivity contribution in [3.8, 4) is 0 Å². The van der Waals surface area contributed by atoms with Gasteiger partial charge >= 0.3 is 0 Å². The molecule has 6 heteroatoms. The minimum absolute atomic E-state index is 0. The van der Waals surface area contributed by atoms with Crippen LogP contribution in [0.2, 0.25) is 0 Å². The smallest absolute Gasteiger partial charge is 0.151 e. The summed E-state index contributed by atoms with van der Waals surface area (Å²) in [5.41, 5.74) is 0.576.